The maximum Gasteiger partial charge on any atom is 0.313 e. The number of ether oxygens (including phenoxy) is 1. The molecule has 1 aromatic rings. The Morgan fingerprint density at radius 2 is 2.12 bits per heavy atom. The van der Waals surface area contributed by atoms with Gasteiger partial charge in [-0.1, -0.05) is 0 Å². The molecule has 0 bridgehead atoms. The molecular weight excluding hydrogens is 354 g/mol. The summed E-state index contributed by atoms with van der Waals surface area (Å²) in [4.78, 5) is 33.3. The number of thiazole rings is 1. The molecule has 0 spiro atoms. The molecule has 142 valence electrons. The van der Waals surface area contributed by atoms with Crippen LogP contribution in [0.3, 0.4) is 0 Å². The highest BCUT2D eigenvalue weighted by Crippen LogP contribution is 2.44. The number of carboxylic acid groups (broad SMARTS) is 1. The lowest BCUT2D eigenvalue weighted by Crippen LogP contribution is -2.45. The first-order chi connectivity index (χ1) is 12.5. The molecule has 1 N–H and O–H groups in total. The zero-order valence-electron chi connectivity index (χ0n) is 15.0. The van der Waals surface area contributed by atoms with Crippen LogP contribution in [0.4, 0.5) is 0 Å². The molecule has 1 aromatic heterocycles. The highest BCUT2D eigenvalue weighted by Gasteiger charge is 2.59. The third kappa shape index (κ3) is 3.14. The molecule has 0 saturated carbocycles. The van der Waals surface area contributed by atoms with Gasteiger partial charge in [0.15, 0.2) is 0 Å². The van der Waals surface area contributed by atoms with E-state index >= 15 is 0 Å². The minimum atomic E-state index is -0.827. The molecule has 1 amide bonds. The second-order valence-corrected chi connectivity index (χ2v) is 8.80. The predicted octanol–water partition coefficient (Wildman–Crippen LogP) is 1.02. The summed E-state index contributed by atoms with van der Waals surface area (Å²) in [6.07, 6.45) is 2.19. The van der Waals surface area contributed by atoms with Crippen molar-refractivity contribution < 1.29 is 19.4 Å². The van der Waals surface area contributed by atoms with Gasteiger partial charge in [0, 0.05) is 56.7 Å². The molecule has 3 fully saturated rings. The van der Waals surface area contributed by atoms with Crippen LogP contribution in [-0.2, 0) is 20.7 Å². The van der Waals surface area contributed by atoms with E-state index in [4.69, 9.17) is 4.74 Å². The van der Waals surface area contributed by atoms with Gasteiger partial charge in [-0.05, 0) is 19.8 Å². The molecule has 3 aliphatic heterocycles. The summed E-state index contributed by atoms with van der Waals surface area (Å²) < 4.78 is 5.43. The van der Waals surface area contributed by atoms with Gasteiger partial charge in [0.05, 0.1) is 17.1 Å². The Morgan fingerprint density at radius 3 is 2.73 bits per heavy atom. The average Bonchev–Trinajstić information content (AvgIpc) is 3.28. The van der Waals surface area contributed by atoms with E-state index in [2.05, 4.69) is 9.88 Å². The second kappa shape index (κ2) is 6.90. The summed E-state index contributed by atoms with van der Waals surface area (Å²) in [6, 6.07) is 0.410. The summed E-state index contributed by atoms with van der Waals surface area (Å²) in [5, 5.41) is 12.8. The monoisotopic (exact) mass is 379 g/mol. The van der Waals surface area contributed by atoms with Crippen LogP contribution in [0.1, 0.15) is 23.5 Å². The van der Waals surface area contributed by atoms with E-state index in [9.17, 15) is 14.7 Å². The molecule has 7 nitrogen and oxygen atoms in total. The summed E-state index contributed by atoms with van der Waals surface area (Å²) in [7, 11) is 0. The van der Waals surface area contributed by atoms with Gasteiger partial charge in [-0.2, -0.15) is 0 Å². The lowest BCUT2D eigenvalue weighted by molar-refractivity contribution is -0.149. The van der Waals surface area contributed by atoms with Gasteiger partial charge in [-0.25, -0.2) is 4.98 Å². The molecular formula is C18H25N3O4S. The van der Waals surface area contributed by atoms with Crippen LogP contribution in [-0.4, -0.2) is 77.2 Å². The highest BCUT2D eigenvalue weighted by atomic mass is 32.1. The number of aliphatic carboxylic acids is 1. The average molecular weight is 379 g/mol. The van der Waals surface area contributed by atoms with Gasteiger partial charge in [-0.3, -0.25) is 14.5 Å². The zero-order chi connectivity index (χ0) is 18.3. The molecule has 0 aliphatic carbocycles. The number of carbonyl (C=O) groups excluding carboxylic acids is 1. The fourth-order valence-electron chi connectivity index (χ4n) is 4.68. The largest absolute Gasteiger partial charge is 0.481 e. The molecule has 3 saturated heterocycles. The molecule has 4 rings (SSSR count). The van der Waals surface area contributed by atoms with Crippen LogP contribution in [0.2, 0.25) is 0 Å². The normalized spacial score (nSPS) is 29.9. The summed E-state index contributed by atoms with van der Waals surface area (Å²) in [5.74, 6) is -0.774. The van der Waals surface area contributed by atoms with Gasteiger partial charge in [0.25, 0.3) is 0 Å². The molecule has 0 unspecified atom stereocenters. The number of rotatable bonds is 4. The number of aryl methyl sites for hydroxylation is 1. The third-order valence-corrected chi connectivity index (χ3v) is 6.94. The van der Waals surface area contributed by atoms with Crippen LogP contribution in [0, 0.1) is 18.3 Å². The second-order valence-electron chi connectivity index (χ2n) is 7.74. The number of amides is 1. The number of carboxylic acids is 1. The molecule has 26 heavy (non-hydrogen) atoms. The first-order valence-electron chi connectivity index (χ1n) is 9.22. The minimum absolute atomic E-state index is 0.00367. The van der Waals surface area contributed by atoms with Gasteiger partial charge in [-0.15, -0.1) is 11.3 Å². The number of carbonyl (C=O) groups is 2. The lowest BCUT2D eigenvalue weighted by Gasteiger charge is -2.33. The van der Waals surface area contributed by atoms with Crippen LogP contribution < -0.4 is 0 Å². The maximum atomic E-state index is 12.7. The van der Waals surface area contributed by atoms with Crippen molar-refractivity contribution in [2.45, 2.75) is 32.2 Å². The molecule has 3 aliphatic rings. The van der Waals surface area contributed by atoms with Crippen molar-refractivity contribution in [3.63, 3.8) is 0 Å². The van der Waals surface area contributed by atoms with Crippen molar-refractivity contribution >= 4 is 23.2 Å². The number of fused-ring (bicyclic) bond motifs is 1. The molecule has 0 radical (unpaired) electrons. The van der Waals surface area contributed by atoms with Gasteiger partial charge >= 0.3 is 5.97 Å². The van der Waals surface area contributed by atoms with E-state index in [0.29, 0.717) is 25.7 Å². The maximum absolute atomic E-state index is 12.7. The van der Waals surface area contributed by atoms with E-state index in [1.807, 2.05) is 12.3 Å². The quantitative estimate of drug-likeness (QED) is 0.841. The van der Waals surface area contributed by atoms with Crippen molar-refractivity contribution in [2.75, 3.05) is 39.4 Å². The first-order valence-corrected chi connectivity index (χ1v) is 10.1. The Morgan fingerprint density at radius 1 is 1.35 bits per heavy atom. The Balaban J connectivity index is 1.44. The summed E-state index contributed by atoms with van der Waals surface area (Å²) in [5.41, 5.74) is -0.0471. The topological polar surface area (TPSA) is 83.0 Å². The Kier molecular flexibility index (Phi) is 4.75. The van der Waals surface area contributed by atoms with E-state index in [1.165, 1.54) is 11.3 Å². The smallest absolute Gasteiger partial charge is 0.313 e. The van der Waals surface area contributed by atoms with E-state index in [-0.39, 0.29) is 18.2 Å². The lowest BCUT2D eigenvalue weighted by atomic mass is 9.81. The Hall–Kier alpha value is -1.51. The van der Waals surface area contributed by atoms with E-state index in [0.717, 1.165) is 43.3 Å². The molecule has 4 heterocycles. The zero-order valence-corrected chi connectivity index (χ0v) is 15.8. The molecule has 8 heteroatoms. The van der Waals surface area contributed by atoms with E-state index < -0.39 is 11.4 Å². The minimum Gasteiger partial charge on any atom is -0.481 e. The first kappa shape index (κ1) is 17.9. The van der Waals surface area contributed by atoms with Gasteiger partial charge in [0.1, 0.15) is 5.41 Å². The standard InChI is InChI=1S/C18H25N3O4S/c1-12-19-14(9-26-12)6-16(22)21-8-13-7-20(15-2-4-25-5-3-15)10-18(13,11-21)17(23)24/h9,13,15H,2-8,10-11H2,1H3,(H,23,24)/t13-,18-/m1/s1. The Bertz CT molecular complexity index is 702. The Labute approximate surface area is 156 Å². The number of likely N-dealkylation sites (tertiary alicyclic amines) is 2. The fourth-order valence-corrected chi connectivity index (χ4v) is 5.29. The SMILES string of the molecule is Cc1nc(CC(=O)N2C[C@H]3CN(C4CCOCC4)C[C@@]3(C(=O)O)C2)cs1. The number of aromatic nitrogens is 1. The van der Waals surface area contributed by atoms with E-state index in [1.54, 1.807) is 4.90 Å². The molecule has 0 aromatic carbocycles. The van der Waals surface area contributed by atoms with Crippen LogP contribution in [0.15, 0.2) is 5.38 Å². The van der Waals surface area contributed by atoms with Gasteiger partial charge < -0.3 is 14.7 Å². The molecule has 2 atom stereocenters. The van der Waals surface area contributed by atoms with Crippen molar-refractivity contribution in [3.05, 3.63) is 16.1 Å². The number of nitrogens with zero attached hydrogens (tertiary/aromatic N) is 3. The predicted molar refractivity (Wildman–Crippen MR) is 96.1 cm³/mol. The van der Waals surface area contributed by atoms with Crippen LogP contribution >= 0.6 is 11.3 Å². The fraction of sp³-hybridized carbons (Fsp3) is 0.722. The number of hydrogen-bond acceptors (Lipinski definition) is 6. The van der Waals surface area contributed by atoms with Crippen molar-refractivity contribution in [1.29, 1.82) is 0 Å². The summed E-state index contributed by atoms with van der Waals surface area (Å²) in [6.45, 7) is 5.58. The van der Waals surface area contributed by atoms with Crippen molar-refractivity contribution in [3.8, 4) is 0 Å². The van der Waals surface area contributed by atoms with Crippen molar-refractivity contribution in [2.24, 2.45) is 11.3 Å². The van der Waals surface area contributed by atoms with Crippen LogP contribution in [0.5, 0.6) is 0 Å². The number of hydrogen-bond donors (Lipinski definition) is 1. The van der Waals surface area contributed by atoms with Crippen molar-refractivity contribution in [1.82, 2.24) is 14.8 Å². The van der Waals surface area contributed by atoms with Crippen LogP contribution in [0.25, 0.3) is 0 Å². The third-order valence-electron chi connectivity index (χ3n) is 6.12. The highest BCUT2D eigenvalue weighted by molar-refractivity contribution is 7.09. The van der Waals surface area contributed by atoms with Gasteiger partial charge in [0.2, 0.25) is 5.91 Å². The summed E-state index contributed by atoms with van der Waals surface area (Å²) >= 11 is 1.53.